The first-order valence-corrected chi connectivity index (χ1v) is 8.57. The molecule has 2 aromatic rings. The summed E-state index contributed by atoms with van der Waals surface area (Å²) < 4.78 is 10.0. The van der Waals surface area contributed by atoms with E-state index in [1.165, 1.54) is 6.92 Å². The molecule has 2 heterocycles. The normalized spacial score (nSPS) is 13.7. The number of carbonyl (C=O) groups is 2. The lowest BCUT2D eigenvalue weighted by Crippen LogP contribution is -2.42. The van der Waals surface area contributed by atoms with Crippen molar-refractivity contribution in [1.82, 2.24) is 15.5 Å². The number of nitrogens with zero attached hydrogens (tertiary/aromatic N) is 2. The summed E-state index contributed by atoms with van der Waals surface area (Å²) >= 11 is 0. The van der Waals surface area contributed by atoms with Gasteiger partial charge in [-0.15, -0.1) is 0 Å². The number of pyridine rings is 1. The van der Waals surface area contributed by atoms with Crippen LogP contribution in [0.25, 0.3) is 11.1 Å². The van der Waals surface area contributed by atoms with Crippen LogP contribution in [0.1, 0.15) is 61.8 Å². The molecular formula is C18H25N3O5. The van der Waals surface area contributed by atoms with E-state index in [0.29, 0.717) is 28.1 Å². The zero-order chi connectivity index (χ0) is 19.5. The summed E-state index contributed by atoms with van der Waals surface area (Å²) in [6.45, 7) is 8.95. The molecule has 0 spiro atoms. The number of hydrogen-bond donors (Lipinski definition) is 2. The molecule has 1 atom stereocenters. The molecule has 0 aliphatic heterocycles. The minimum absolute atomic E-state index is 0.100. The molecule has 142 valence electrons. The molecule has 0 aliphatic rings. The van der Waals surface area contributed by atoms with E-state index in [-0.39, 0.29) is 25.5 Å². The second-order valence-electron chi connectivity index (χ2n) is 6.86. The van der Waals surface area contributed by atoms with E-state index in [0.717, 1.165) is 0 Å². The summed E-state index contributed by atoms with van der Waals surface area (Å²) in [6, 6.07) is 1.70. The summed E-state index contributed by atoms with van der Waals surface area (Å²) in [6.07, 6.45) is -0.212. The topological polar surface area (TPSA) is 115 Å². The van der Waals surface area contributed by atoms with Gasteiger partial charge in [-0.3, -0.25) is 9.59 Å². The van der Waals surface area contributed by atoms with E-state index in [1.807, 2.05) is 13.8 Å². The molecule has 0 saturated carbocycles. The highest BCUT2D eigenvalue weighted by Gasteiger charge is 2.27. The zero-order valence-electron chi connectivity index (χ0n) is 15.8. The van der Waals surface area contributed by atoms with E-state index in [2.05, 4.69) is 15.5 Å². The highest BCUT2D eigenvalue weighted by atomic mass is 16.5. The smallest absolute Gasteiger partial charge is 0.308 e. The first-order chi connectivity index (χ1) is 12.1. The fourth-order valence-corrected chi connectivity index (χ4v) is 2.54. The Balaban J connectivity index is 2.21. The quantitative estimate of drug-likeness (QED) is 0.724. The third kappa shape index (κ3) is 4.57. The van der Waals surface area contributed by atoms with Crippen LogP contribution in [0.3, 0.4) is 0 Å². The van der Waals surface area contributed by atoms with E-state index >= 15 is 0 Å². The lowest BCUT2D eigenvalue weighted by molar-refractivity contribution is -0.147. The number of hydrogen-bond acceptors (Lipinski definition) is 7. The standard InChI is InChI=1S/C18H25N3O5/c1-6-25-14(22)8-18(5,24)9-19-16(23)12-7-13(10(2)3)20-17-15(12)11(4)21-26-17/h7,10,24H,6,8-9H2,1-5H3,(H,19,23). The Morgan fingerprint density at radius 2 is 2.12 bits per heavy atom. The third-order valence-corrected chi connectivity index (χ3v) is 3.93. The Labute approximate surface area is 151 Å². The van der Waals surface area contributed by atoms with Crippen molar-refractivity contribution >= 4 is 23.0 Å². The maximum absolute atomic E-state index is 12.7. The number of esters is 1. The highest BCUT2D eigenvalue weighted by Crippen LogP contribution is 2.25. The van der Waals surface area contributed by atoms with Crippen LogP contribution < -0.4 is 5.32 Å². The predicted molar refractivity (Wildman–Crippen MR) is 94.8 cm³/mol. The van der Waals surface area contributed by atoms with Gasteiger partial charge in [0.25, 0.3) is 11.6 Å². The molecule has 2 aromatic heterocycles. The molecule has 0 radical (unpaired) electrons. The van der Waals surface area contributed by atoms with Crippen LogP contribution in [-0.2, 0) is 9.53 Å². The average molecular weight is 363 g/mol. The fourth-order valence-electron chi connectivity index (χ4n) is 2.54. The molecule has 0 aromatic carbocycles. The number of fused-ring (bicyclic) bond motifs is 1. The SMILES string of the molecule is CCOC(=O)CC(C)(O)CNC(=O)c1cc(C(C)C)nc2onc(C)c12. The Bertz CT molecular complexity index is 811. The number of aryl methyl sites for hydroxylation is 1. The van der Waals surface area contributed by atoms with Crippen molar-refractivity contribution < 1.29 is 24.0 Å². The number of nitrogens with one attached hydrogen (secondary N) is 1. The van der Waals surface area contributed by atoms with Crippen molar-refractivity contribution in [2.45, 2.75) is 52.6 Å². The van der Waals surface area contributed by atoms with Gasteiger partial charge < -0.3 is 19.7 Å². The van der Waals surface area contributed by atoms with E-state index in [4.69, 9.17) is 9.26 Å². The van der Waals surface area contributed by atoms with E-state index < -0.39 is 17.5 Å². The van der Waals surface area contributed by atoms with E-state index in [1.54, 1.807) is 19.9 Å². The van der Waals surface area contributed by atoms with Gasteiger partial charge in [-0.05, 0) is 32.8 Å². The molecule has 2 N–H and O–H groups in total. The van der Waals surface area contributed by atoms with Crippen molar-refractivity contribution in [2.75, 3.05) is 13.2 Å². The second-order valence-corrected chi connectivity index (χ2v) is 6.86. The number of carbonyl (C=O) groups excluding carboxylic acids is 2. The lowest BCUT2D eigenvalue weighted by Gasteiger charge is -2.22. The minimum atomic E-state index is -1.42. The summed E-state index contributed by atoms with van der Waals surface area (Å²) in [4.78, 5) is 28.6. The van der Waals surface area contributed by atoms with Gasteiger partial charge in [0.2, 0.25) is 0 Å². The van der Waals surface area contributed by atoms with Gasteiger partial charge in [-0.25, -0.2) is 4.98 Å². The molecular weight excluding hydrogens is 338 g/mol. The molecule has 0 bridgehead atoms. The minimum Gasteiger partial charge on any atom is -0.466 e. The number of aliphatic hydroxyl groups is 1. The predicted octanol–water partition coefficient (Wildman–Crippen LogP) is 2.09. The van der Waals surface area contributed by atoms with Gasteiger partial charge in [-0.2, -0.15) is 0 Å². The van der Waals surface area contributed by atoms with Gasteiger partial charge in [0.05, 0.1) is 35.3 Å². The van der Waals surface area contributed by atoms with Crippen LogP contribution in [0.4, 0.5) is 0 Å². The third-order valence-electron chi connectivity index (χ3n) is 3.93. The van der Waals surface area contributed by atoms with Crippen LogP contribution in [0.15, 0.2) is 10.6 Å². The Morgan fingerprint density at radius 3 is 2.73 bits per heavy atom. The number of amides is 1. The monoisotopic (exact) mass is 363 g/mol. The van der Waals surface area contributed by atoms with Crippen molar-refractivity contribution in [2.24, 2.45) is 0 Å². The molecule has 1 amide bonds. The molecule has 2 rings (SSSR count). The van der Waals surface area contributed by atoms with Crippen LogP contribution in [0.5, 0.6) is 0 Å². The maximum atomic E-state index is 12.7. The van der Waals surface area contributed by atoms with Crippen LogP contribution in [0, 0.1) is 6.92 Å². The summed E-state index contributed by atoms with van der Waals surface area (Å²) in [5.74, 6) is -0.812. The van der Waals surface area contributed by atoms with Gasteiger partial charge in [-0.1, -0.05) is 19.0 Å². The van der Waals surface area contributed by atoms with Gasteiger partial charge in [0.15, 0.2) is 0 Å². The summed E-state index contributed by atoms with van der Waals surface area (Å²) in [7, 11) is 0. The Morgan fingerprint density at radius 1 is 1.42 bits per heavy atom. The average Bonchev–Trinajstić information content (AvgIpc) is 2.93. The van der Waals surface area contributed by atoms with Gasteiger partial charge >= 0.3 is 5.97 Å². The number of rotatable bonds is 7. The molecule has 8 heteroatoms. The van der Waals surface area contributed by atoms with Crippen LogP contribution in [0.2, 0.25) is 0 Å². The summed E-state index contributed by atoms with van der Waals surface area (Å²) in [5, 5.41) is 17.4. The maximum Gasteiger partial charge on any atom is 0.308 e. The second kappa shape index (κ2) is 7.82. The van der Waals surface area contributed by atoms with Crippen LogP contribution >= 0.6 is 0 Å². The van der Waals surface area contributed by atoms with Gasteiger partial charge in [0, 0.05) is 12.2 Å². The molecule has 1 unspecified atom stereocenters. The van der Waals surface area contributed by atoms with Crippen molar-refractivity contribution in [1.29, 1.82) is 0 Å². The number of ether oxygens (including phenoxy) is 1. The largest absolute Gasteiger partial charge is 0.466 e. The van der Waals surface area contributed by atoms with E-state index in [9.17, 15) is 14.7 Å². The molecule has 0 saturated heterocycles. The Kier molecular flexibility index (Phi) is 5.97. The Hall–Kier alpha value is -2.48. The van der Waals surface area contributed by atoms with Crippen molar-refractivity contribution in [3.05, 3.63) is 23.0 Å². The molecule has 8 nitrogen and oxygen atoms in total. The molecule has 26 heavy (non-hydrogen) atoms. The van der Waals surface area contributed by atoms with Crippen LogP contribution in [-0.4, -0.2) is 45.9 Å². The highest BCUT2D eigenvalue weighted by molar-refractivity contribution is 6.06. The van der Waals surface area contributed by atoms with Gasteiger partial charge in [0.1, 0.15) is 0 Å². The zero-order valence-corrected chi connectivity index (χ0v) is 15.8. The van der Waals surface area contributed by atoms with Crippen molar-refractivity contribution in [3.63, 3.8) is 0 Å². The fraction of sp³-hybridized carbons (Fsp3) is 0.556. The first kappa shape index (κ1) is 19.8. The summed E-state index contributed by atoms with van der Waals surface area (Å²) in [5.41, 5.74) is 0.531. The number of aromatic nitrogens is 2. The first-order valence-electron chi connectivity index (χ1n) is 8.57. The molecule has 0 aliphatic carbocycles. The molecule has 0 fully saturated rings. The lowest BCUT2D eigenvalue weighted by atomic mass is 10.0. The van der Waals surface area contributed by atoms with Crippen molar-refractivity contribution in [3.8, 4) is 0 Å².